The predicted octanol–water partition coefficient (Wildman–Crippen LogP) is 1.59. The lowest BCUT2D eigenvalue weighted by atomic mass is 9.84. The maximum Gasteiger partial charge on any atom is 0.247 e. The molecule has 1 N–H and O–H groups in total. The average molecular weight is 258 g/mol. The third-order valence-corrected chi connectivity index (χ3v) is 4.47. The molecule has 3 rings (SSSR count). The first-order chi connectivity index (χ1) is 9.15. The molecule has 0 radical (unpaired) electrons. The maximum absolute atomic E-state index is 12.3. The van der Waals surface area contributed by atoms with Crippen LogP contribution in [-0.2, 0) is 22.7 Å². The summed E-state index contributed by atoms with van der Waals surface area (Å²) < 4.78 is 0. The number of fused-ring (bicyclic) bond motifs is 1. The van der Waals surface area contributed by atoms with Crippen LogP contribution in [0.2, 0.25) is 0 Å². The first-order valence-corrected chi connectivity index (χ1v) is 6.82. The summed E-state index contributed by atoms with van der Waals surface area (Å²) in [5.41, 5.74) is 2.06. The van der Waals surface area contributed by atoms with Crippen LogP contribution < -0.4 is 5.32 Å². The van der Waals surface area contributed by atoms with Gasteiger partial charge in [-0.1, -0.05) is 31.2 Å². The molecule has 1 atom stereocenters. The number of nitrogens with one attached hydrogen (secondary N) is 1. The van der Waals surface area contributed by atoms with Crippen molar-refractivity contribution in [2.24, 2.45) is 0 Å². The van der Waals surface area contributed by atoms with E-state index in [1.54, 1.807) is 0 Å². The topological polar surface area (TPSA) is 49.4 Å². The number of rotatable bonds is 2. The highest BCUT2D eigenvalue weighted by Crippen LogP contribution is 2.36. The van der Waals surface area contributed by atoms with E-state index in [0.29, 0.717) is 12.8 Å². The van der Waals surface area contributed by atoms with Crippen molar-refractivity contribution in [3.05, 3.63) is 35.4 Å². The number of hydrogen-bond acceptors (Lipinski definition) is 3. The largest absolute Gasteiger partial charge is 0.295 e. The summed E-state index contributed by atoms with van der Waals surface area (Å²) in [6, 6.07) is 8.30. The van der Waals surface area contributed by atoms with E-state index in [1.807, 2.05) is 19.1 Å². The molecule has 2 amide bonds. The van der Waals surface area contributed by atoms with E-state index in [-0.39, 0.29) is 11.8 Å². The number of imide groups is 1. The van der Waals surface area contributed by atoms with Crippen LogP contribution in [0.4, 0.5) is 0 Å². The normalized spacial score (nSPS) is 27.2. The fraction of sp³-hybridized carbons (Fsp3) is 0.467. The van der Waals surface area contributed by atoms with Gasteiger partial charge in [-0.3, -0.25) is 19.8 Å². The summed E-state index contributed by atoms with van der Waals surface area (Å²) in [5, 5.41) is 2.51. The molecule has 2 heterocycles. The molecule has 1 aromatic rings. The monoisotopic (exact) mass is 258 g/mol. The van der Waals surface area contributed by atoms with Crippen molar-refractivity contribution >= 4 is 11.8 Å². The standard InChI is InChI=1S/C15H18N2O2/c1-2-15(8-7-13(18)16-14(15)19)17-9-11-5-3-4-6-12(11)10-17/h3-6H,2,7-10H2,1H3,(H,16,18,19)/t15-/m1/s1. The molecule has 0 spiro atoms. The van der Waals surface area contributed by atoms with E-state index in [1.165, 1.54) is 11.1 Å². The number of piperidine rings is 1. The molecule has 4 nitrogen and oxygen atoms in total. The highest BCUT2D eigenvalue weighted by molar-refractivity contribution is 6.02. The zero-order chi connectivity index (χ0) is 13.5. The first-order valence-electron chi connectivity index (χ1n) is 6.82. The lowest BCUT2D eigenvalue weighted by Gasteiger charge is -2.42. The first kappa shape index (κ1) is 12.4. The Balaban J connectivity index is 1.89. The van der Waals surface area contributed by atoms with Gasteiger partial charge in [0.05, 0.1) is 0 Å². The van der Waals surface area contributed by atoms with Gasteiger partial charge in [-0.05, 0) is 24.0 Å². The number of benzene rings is 1. The second-order valence-electron chi connectivity index (χ2n) is 5.39. The summed E-state index contributed by atoms with van der Waals surface area (Å²) in [7, 11) is 0. The molecule has 1 aromatic carbocycles. The molecule has 0 aromatic heterocycles. The number of nitrogens with zero attached hydrogens (tertiary/aromatic N) is 1. The van der Waals surface area contributed by atoms with E-state index >= 15 is 0 Å². The Morgan fingerprint density at radius 2 is 1.84 bits per heavy atom. The van der Waals surface area contributed by atoms with Gasteiger partial charge in [-0.2, -0.15) is 0 Å². The highest BCUT2D eigenvalue weighted by atomic mass is 16.2. The van der Waals surface area contributed by atoms with E-state index in [4.69, 9.17) is 0 Å². The van der Waals surface area contributed by atoms with E-state index in [0.717, 1.165) is 19.5 Å². The lowest BCUT2D eigenvalue weighted by molar-refractivity contribution is -0.145. The summed E-state index contributed by atoms with van der Waals surface area (Å²) in [6.07, 6.45) is 1.80. The molecule has 2 aliphatic rings. The molecular weight excluding hydrogens is 240 g/mol. The summed E-state index contributed by atoms with van der Waals surface area (Å²) in [4.78, 5) is 25.9. The predicted molar refractivity (Wildman–Crippen MR) is 71.1 cm³/mol. The third kappa shape index (κ3) is 1.87. The van der Waals surface area contributed by atoms with Crippen LogP contribution in [0.5, 0.6) is 0 Å². The number of hydrogen-bond donors (Lipinski definition) is 1. The van der Waals surface area contributed by atoms with Crippen molar-refractivity contribution in [3.63, 3.8) is 0 Å². The van der Waals surface area contributed by atoms with Gasteiger partial charge in [-0.25, -0.2) is 0 Å². The number of carbonyl (C=O) groups is 2. The fourth-order valence-corrected chi connectivity index (χ4v) is 3.24. The Labute approximate surface area is 112 Å². The molecule has 4 heteroatoms. The van der Waals surface area contributed by atoms with Crippen molar-refractivity contribution in [1.82, 2.24) is 10.2 Å². The van der Waals surface area contributed by atoms with Crippen LogP contribution in [0.25, 0.3) is 0 Å². The Kier molecular flexibility index (Phi) is 2.90. The van der Waals surface area contributed by atoms with Crippen molar-refractivity contribution in [3.8, 4) is 0 Å². The molecule has 0 unspecified atom stereocenters. The fourth-order valence-electron chi connectivity index (χ4n) is 3.24. The minimum atomic E-state index is -0.521. The molecule has 1 fully saturated rings. The summed E-state index contributed by atoms with van der Waals surface area (Å²) in [6.45, 7) is 3.62. The van der Waals surface area contributed by atoms with Crippen LogP contribution in [0.1, 0.15) is 37.3 Å². The van der Waals surface area contributed by atoms with Gasteiger partial charge in [-0.15, -0.1) is 0 Å². The zero-order valence-corrected chi connectivity index (χ0v) is 11.1. The van der Waals surface area contributed by atoms with Crippen molar-refractivity contribution < 1.29 is 9.59 Å². The Morgan fingerprint density at radius 3 is 2.37 bits per heavy atom. The molecule has 19 heavy (non-hydrogen) atoms. The average Bonchev–Trinajstić information content (AvgIpc) is 2.83. The SMILES string of the molecule is CC[C@@]1(N2Cc3ccccc3C2)CCC(=O)NC1=O. The second kappa shape index (κ2) is 4.46. The molecule has 0 saturated carbocycles. The van der Waals surface area contributed by atoms with Gasteiger partial charge in [0.15, 0.2) is 0 Å². The van der Waals surface area contributed by atoms with Gasteiger partial charge in [0.2, 0.25) is 11.8 Å². The maximum atomic E-state index is 12.3. The van der Waals surface area contributed by atoms with Gasteiger partial charge in [0.25, 0.3) is 0 Å². The molecule has 1 saturated heterocycles. The highest BCUT2D eigenvalue weighted by Gasteiger charge is 2.47. The molecular formula is C15H18N2O2. The summed E-state index contributed by atoms with van der Waals surface area (Å²) in [5.74, 6) is -0.273. The van der Waals surface area contributed by atoms with Crippen LogP contribution in [0, 0.1) is 0 Å². The van der Waals surface area contributed by atoms with Crippen molar-refractivity contribution in [2.45, 2.75) is 44.8 Å². The Morgan fingerprint density at radius 1 is 1.21 bits per heavy atom. The minimum Gasteiger partial charge on any atom is -0.295 e. The second-order valence-corrected chi connectivity index (χ2v) is 5.39. The Hall–Kier alpha value is -1.68. The van der Waals surface area contributed by atoms with Gasteiger partial charge in [0.1, 0.15) is 5.54 Å². The number of amides is 2. The van der Waals surface area contributed by atoms with E-state index in [9.17, 15) is 9.59 Å². The van der Waals surface area contributed by atoms with Crippen LogP contribution in [-0.4, -0.2) is 22.3 Å². The minimum absolute atomic E-state index is 0.126. The van der Waals surface area contributed by atoms with Crippen LogP contribution in [0.3, 0.4) is 0 Å². The van der Waals surface area contributed by atoms with Crippen LogP contribution in [0.15, 0.2) is 24.3 Å². The van der Waals surface area contributed by atoms with Gasteiger partial charge < -0.3 is 0 Å². The molecule has 2 aliphatic heterocycles. The molecule has 0 aliphatic carbocycles. The smallest absolute Gasteiger partial charge is 0.247 e. The van der Waals surface area contributed by atoms with Crippen LogP contribution >= 0.6 is 0 Å². The number of carbonyl (C=O) groups excluding carboxylic acids is 2. The Bertz CT molecular complexity index is 516. The zero-order valence-electron chi connectivity index (χ0n) is 11.1. The lowest BCUT2D eigenvalue weighted by Crippen LogP contribution is -2.61. The quantitative estimate of drug-likeness (QED) is 0.819. The van der Waals surface area contributed by atoms with Gasteiger partial charge >= 0.3 is 0 Å². The third-order valence-electron chi connectivity index (χ3n) is 4.47. The van der Waals surface area contributed by atoms with Crippen molar-refractivity contribution in [2.75, 3.05) is 0 Å². The van der Waals surface area contributed by atoms with Crippen molar-refractivity contribution in [1.29, 1.82) is 0 Å². The van der Waals surface area contributed by atoms with Gasteiger partial charge in [0, 0.05) is 19.5 Å². The molecule has 100 valence electrons. The summed E-state index contributed by atoms with van der Waals surface area (Å²) >= 11 is 0. The molecule has 0 bridgehead atoms. The van der Waals surface area contributed by atoms with E-state index < -0.39 is 5.54 Å². The van der Waals surface area contributed by atoms with E-state index in [2.05, 4.69) is 22.3 Å².